The van der Waals surface area contributed by atoms with Gasteiger partial charge >= 0.3 is 5.97 Å². The van der Waals surface area contributed by atoms with Crippen LogP contribution in [0.25, 0.3) is 11.1 Å². The van der Waals surface area contributed by atoms with E-state index in [1.54, 1.807) is 0 Å². The number of rotatable bonds is 20. The van der Waals surface area contributed by atoms with Gasteiger partial charge < -0.3 is 14.2 Å². The quantitative estimate of drug-likeness (QED) is 0.135. The highest BCUT2D eigenvalue weighted by Gasteiger charge is 2.10. The van der Waals surface area contributed by atoms with Gasteiger partial charge in [0.2, 0.25) is 0 Å². The molecule has 0 fully saturated rings. The zero-order chi connectivity index (χ0) is 25.8. The van der Waals surface area contributed by atoms with E-state index in [0.717, 1.165) is 48.5 Å². The van der Waals surface area contributed by atoms with Crippen molar-refractivity contribution in [3.05, 3.63) is 48.5 Å². The molecule has 36 heavy (non-hydrogen) atoms. The summed E-state index contributed by atoms with van der Waals surface area (Å²) >= 11 is 0. The van der Waals surface area contributed by atoms with Crippen LogP contribution in [0.2, 0.25) is 0 Å². The normalized spacial score (nSPS) is 11.8. The van der Waals surface area contributed by atoms with E-state index >= 15 is 0 Å². The van der Waals surface area contributed by atoms with E-state index in [1.807, 2.05) is 31.2 Å². The van der Waals surface area contributed by atoms with Crippen molar-refractivity contribution in [3.63, 3.8) is 0 Å². The van der Waals surface area contributed by atoms with Crippen molar-refractivity contribution < 1.29 is 19.0 Å². The maximum Gasteiger partial charge on any atom is 0.306 e. The zero-order valence-electron chi connectivity index (χ0n) is 22.9. The number of ether oxygens (including phenoxy) is 3. The van der Waals surface area contributed by atoms with Crippen molar-refractivity contribution in [2.45, 2.75) is 110 Å². The molecule has 4 heteroatoms. The van der Waals surface area contributed by atoms with Crippen molar-refractivity contribution in [1.82, 2.24) is 0 Å². The molecule has 0 saturated carbocycles. The first-order valence-electron chi connectivity index (χ1n) is 14.3. The Morgan fingerprint density at radius 3 is 1.67 bits per heavy atom. The fourth-order valence-corrected chi connectivity index (χ4v) is 4.14. The maximum absolute atomic E-state index is 12.0. The van der Waals surface area contributed by atoms with Crippen LogP contribution in [0.4, 0.5) is 0 Å². The van der Waals surface area contributed by atoms with E-state index in [2.05, 4.69) is 38.1 Å². The van der Waals surface area contributed by atoms with Crippen molar-refractivity contribution >= 4 is 5.97 Å². The van der Waals surface area contributed by atoms with Crippen molar-refractivity contribution in [2.24, 2.45) is 0 Å². The fourth-order valence-electron chi connectivity index (χ4n) is 4.14. The minimum atomic E-state index is -0.263. The molecule has 1 atom stereocenters. The average molecular weight is 497 g/mol. The van der Waals surface area contributed by atoms with Crippen LogP contribution in [0.5, 0.6) is 11.5 Å². The molecular weight excluding hydrogens is 448 g/mol. The highest BCUT2D eigenvalue weighted by Crippen LogP contribution is 2.25. The topological polar surface area (TPSA) is 44.8 Å². The fraction of sp³-hybridized carbons (Fsp3) is 0.594. The number of carbonyl (C=O) groups is 1. The second-order valence-electron chi connectivity index (χ2n) is 9.79. The molecule has 0 aliphatic carbocycles. The lowest BCUT2D eigenvalue weighted by atomic mass is 10.1. The summed E-state index contributed by atoms with van der Waals surface area (Å²) in [6.45, 7) is 7.47. The molecule has 0 bridgehead atoms. The van der Waals surface area contributed by atoms with Crippen LogP contribution in [-0.4, -0.2) is 25.3 Å². The highest BCUT2D eigenvalue weighted by molar-refractivity contribution is 5.69. The van der Waals surface area contributed by atoms with Gasteiger partial charge in [0.05, 0.1) is 6.61 Å². The summed E-state index contributed by atoms with van der Waals surface area (Å²) in [6, 6.07) is 16.3. The van der Waals surface area contributed by atoms with Crippen LogP contribution in [-0.2, 0) is 9.53 Å². The van der Waals surface area contributed by atoms with Gasteiger partial charge in [0, 0.05) is 6.42 Å². The van der Waals surface area contributed by atoms with E-state index in [9.17, 15) is 4.79 Å². The van der Waals surface area contributed by atoms with E-state index < -0.39 is 0 Å². The van der Waals surface area contributed by atoms with E-state index in [1.165, 1.54) is 57.8 Å². The van der Waals surface area contributed by atoms with Crippen LogP contribution in [0.15, 0.2) is 48.5 Å². The Morgan fingerprint density at radius 2 is 1.11 bits per heavy atom. The summed E-state index contributed by atoms with van der Waals surface area (Å²) in [5, 5.41) is 0. The summed E-state index contributed by atoms with van der Waals surface area (Å²) in [4.78, 5) is 12.0. The zero-order valence-corrected chi connectivity index (χ0v) is 22.9. The Balaban J connectivity index is 1.65. The predicted molar refractivity (Wildman–Crippen MR) is 150 cm³/mol. The summed E-state index contributed by atoms with van der Waals surface area (Å²) in [6.07, 6.45) is 14.8. The lowest BCUT2D eigenvalue weighted by molar-refractivity contribution is -0.149. The van der Waals surface area contributed by atoms with Crippen molar-refractivity contribution in [3.8, 4) is 22.6 Å². The molecule has 0 N–H and O–H groups in total. The Morgan fingerprint density at radius 1 is 0.639 bits per heavy atom. The number of esters is 1. The molecule has 0 aliphatic rings. The summed E-state index contributed by atoms with van der Waals surface area (Å²) in [7, 11) is 0. The van der Waals surface area contributed by atoms with Gasteiger partial charge in [-0.2, -0.15) is 0 Å². The van der Waals surface area contributed by atoms with Gasteiger partial charge in [0.1, 0.15) is 24.2 Å². The first kappa shape index (κ1) is 29.7. The number of unbranched alkanes of at least 4 members (excludes halogenated alkanes) is 10. The number of hydrogen-bond donors (Lipinski definition) is 0. The van der Waals surface area contributed by atoms with Gasteiger partial charge in [-0.15, -0.1) is 0 Å². The first-order valence-corrected chi connectivity index (χ1v) is 14.3. The number of carbonyl (C=O) groups excluding carboxylic acids is 1. The van der Waals surface area contributed by atoms with Gasteiger partial charge in [-0.1, -0.05) is 102 Å². The van der Waals surface area contributed by atoms with Crippen LogP contribution >= 0.6 is 0 Å². The Bertz CT molecular complexity index is 813. The lowest BCUT2D eigenvalue weighted by Gasteiger charge is -2.15. The third kappa shape index (κ3) is 13.0. The molecule has 0 spiro atoms. The molecule has 2 aromatic carbocycles. The minimum absolute atomic E-state index is 0.128. The second kappa shape index (κ2) is 18.7. The summed E-state index contributed by atoms with van der Waals surface area (Å²) < 4.78 is 17.2. The second-order valence-corrected chi connectivity index (χ2v) is 9.79. The smallest absolute Gasteiger partial charge is 0.306 e. The number of benzene rings is 2. The van der Waals surface area contributed by atoms with Crippen molar-refractivity contribution in [2.75, 3.05) is 13.2 Å². The molecule has 0 heterocycles. The molecule has 200 valence electrons. The molecule has 2 aromatic rings. The lowest BCUT2D eigenvalue weighted by Crippen LogP contribution is -2.21. The van der Waals surface area contributed by atoms with Crippen molar-refractivity contribution in [1.29, 1.82) is 0 Å². The Hall–Kier alpha value is -2.49. The highest BCUT2D eigenvalue weighted by atomic mass is 16.6. The van der Waals surface area contributed by atoms with Gasteiger partial charge in [-0.25, -0.2) is 0 Å². The molecular formula is C32H48O4. The average Bonchev–Trinajstić information content (AvgIpc) is 2.89. The standard InChI is InChI=1S/C32H48O4/c1-4-6-8-10-12-14-16-32(33)36-27(3)26-35-31-23-19-29(20-24-31)28-17-21-30(22-18-28)34-25-15-13-11-9-7-5-2/h17-24,27H,4-16,25-26H2,1-3H3. The molecule has 1 unspecified atom stereocenters. The van der Waals surface area contributed by atoms with Crippen LogP contribution in [0, 0.1) is 0 Å². The molecule has 4 nitrogen and oxygen atoms in total. The minimum Gasteiger partial charge on any atom is -0.494 e. The van der Waals surface area contributed by atoms with Gasteiger partial charge in [-0.3, -0.25) is 4.79 Å². The summed E-state index contributed by atoms with van der Waals surface area (Å²) in [5.41, 5.74) is 2.27. The van der Waals surface area contributed by atoms with Crippen LogP contribution in [0.1, 0.15) is 104 Å². The third-order valence-corrected chi connectivity index (χ3v) is 6.36. The molecule has 0 radical (unpaired) electrons. The monoisotopic (exact) mass is 496 g/mol. The number of hydrogen-bond acceptors (Lipinski definition) is 4. The van der Waals surface area contributed by atoms with Crippen LogP contribution in [0.3, 0.4) is 0 Å². The molecule has 0 saturated heterocycles. The van der Waals surface area contributed by atoms with E-state index in [0.29, 0.717) is 13.0 Å². The molecule has 2 rings (SSSR count). The molecule has 0 aromatic heterocycles. The van der Waals surface area contributed by atoms with Gasteiger partial charge in [0.15, 0.2) is 0 Å². The first-order chi connectivity index (χ1) is 17.6. The third-order valence-electron chi connectivity index (χ3n) is 6.36. The SMILES string of the molecule is CCCCCCCCOc1ccc(-c2ccc(OCC(C)OC(=O)CCCCCCCC)cc2)cc1. The maximum atomic E-state index is 12.0. The van der Waals surface area contributed by atoms with Gasteiger partial charge in [-0.05, 0) is 55.2 Å². The van der Waals surface area contributed by atoms with Crippen LogP contribution < -0.4 is 9.47 Å². The molecule has 0 aliphatic heterocycles. The van der Waals surface area contributed by atoms with E-state index in [-0.39, 0.29) is 12.1 Å². The predicted octanol–water partition coefficient (Wildman–Crippen LogP) is 9.15. The Labute approximate surface area is 219 Å². The van der Waals surface area contributed by atoms with E-state index in [4.69, 9.17) is 14.2 Å². The van der Waals surface area contributed by atoms with Gasteiger partial charge in [0.25, 0.3) is 0 Å². The molecule has 0 amide bonds. The summed E-state index contributed by atoms with van der Waals surface area (Å²) in [5.74, 6) is 1.57. The Kier molecular flexibility index (Phi) is 15.5. The largest absolute Gasteiger partial charge is 0.494 e.